The van der Waals surface area contributed by atoms with Gasteiger partial charge >= 0.3 is 0 Å². The second-order valence-corrected chi connectivity index (χ2v) is 6.99. The Morgan fingerprint density at radius 1 is 0.793 bits per heavy atom. The highest BCUT2D eigenvalue weighted by atomic mass is 19.2. The zero-order valence-corrected chi connectivity index (χ0v) is 16.4. The molecular weight excluding hydrogens is 375 g/mol. The zero-order valence-electron chi connectivity index (χ0n) is 16.4. The number of benzene rings is 2. The topological polar surface area (TPSA) is 22.1 Å². The Balaban J connectivity index is 1.58. The van der Waals surface area contributed by atoms with Gasteiger partial charge in [-0.05, 0) is 54.2 Å². The number of unbranched alkanes of at least 4 members (excludes halogenated alkanes) is 2. The van der Waals surface area contributed by atoms with Crippen molar-refractivity contribution in [3.63, 3.8) is 0 Å². The summed E-state index contributed by atoms with van der Waals surface area (Å²) in [6.07, 6.45) is 4.16. The number of ether oxygens (including phenoxy) is 1. The second-order valence-electron chi connectivity index (χ2n) is 6.99. The molecule has 0 spiro atoms. The molecule has 0 amide bonds. The molecule has 0 aliphatic rings. The van der Waals surface area contributed by atoms with E-state index in [4.69, 9.17) is 4.74 Å². The summed E-state index contributed by atoms with van der Waals surface area (Å²) < 4.78 is 45.5. The molecule has 0 unspecified atom stereocenters. The largest absolute Gasteiger partial charge is 0.494 e. The minimum absolute atomic E-state index is 0.0718. The molecule has 1 aromatic heterocycles. The third kappa shape index (κ3) is 5.83. The van der Waals surface area contributed by atoms with Gasteiger partial charge in [0.1, 0.15) is 5.75 Å². The van der Waals surface area contributed by atoms with E-state index >= 15 is 0 Å². The van der Waals surface area contributed by atoms with Crippen molar-refractivity contribution in [2.24, 2.45) is 0 Å². The summed E-state index contributed by atoms with van der Waals surface area (Å²) >= 11 is 0. The van der Waals surface area contributed by atoms with E-state index in [1.807, 2.05) is 48.5 Å². The predicted molar refractivity (Wildman–Crippen MR) is 108 cm³/mol. The summed E-state index contributed by atoms with van der Waals surface area (Å²) in [6.45, 7) is 2.90. The molecule has 3 aromatic rings. The third-order valence-corrected chi connectivity index (χ3v) is 4.80. The van der Waals surface area contributed by atoms with Crippen molar-refractivity contribution in [2.45, 2.75) is 39.0 Å². The van der Waals surface area contributed by atoms with Crippen molar-refractivity contribution in [2.75, 3.05) is 6.61 Å². The first-order chi connectivity index (χ1) is 14.1. The van der Waals surface area contributed by atoms with E-state index in [1.165, 1.54) is 12.8 Å². The van der Waals surface area contributed by atoms with Crippen molar-refractivity contribution in [1.29, 1.82) is 0 Å². The number of hydrogen-bond donors (Lipinski definition) is 0. The first-order valence-corrected chi connectivity index (χ1v) is 9.89. The number of pyridine rings is 1. The molecule has 1 heterocycles. The highest BCUT2D eigenvalue weighted by Crippen LogP contribution is 2.23. The molecule has 0 radical (unpaired) electrons. The van der Waals surface area contributed by atoms with Gasteiger partial charge in [0, 0.05) is 5.56 Å². The maximum atomic E-state index is 13.6. The fourth-order valence-electron chi connectivity index (χ4n) is 3.09. The van der Waals surface area contributed by atoms with Crippen molar-refractivity contribution < 1.29 is 17.9 Å². The quantitative estimate of drug-likeness (QED) is 0.302. The van der Waals surface area contributed by atoms with Crippen LogP contribution in [-0.2, 0) is 12.8 Å². The maximum absolute atomic E-state index is 13.6. The zero-order chi connectivity index (χ0) is 20.6. The molecule has 0 bridgehead atoms. The molecule has 29 heavy (non-hydrogen) atoms. The highest BCUT2D eigenvalue weighted by molar-refractivity contribution is 5.64. The predicted octanol–water partition coefficient (Wildman–Crippen LogP) is 6.52. The molecule has 0 atom stereocenters. The molecule has 0 N–H and O–H groups in total. The molecule has 152 valence electrons. The van der Waals surface area contributed by atoms with Gasteiger partial charge in [0.2, 0.25) is 5.95 Å². The normalized spacial score (nSPS) is 10.9. The molecule has 0 saturated heterocycles. The van der Waals surface area contributed by atoms with E-state index in [1.54, 1.807) is 0 Å². The van der Waals surface area contributed by atoms with E-state index in [2.05, 4.69) is 11.9 Å². The van der Waals surface area contributed by atoms with Gasteiger partial charge in [-0.25, -0.2) is 4.39 Å². The van der Waals surface area contributed by atoms with Crippen molar-refractivity contribution in [1.82, 2.24) is 4.98 Å². The fourth-order valence-corrected chi connectivity index (χ4v) is 3.09. The van der Waals surface area contributed by atoms with Crippen LogP contribution in [0.15, 0.2) is 54.6 Å². The summed E-state index contributed by atoms with van der Waals surface area (Å²) in [5.41, 5.74) is 3.19. The lowest BCUT2D eigenvalue weighted by atomic mass is 10.0. The number of aryl methyl sites for hydroxylation is 2. The van der Waals surface area contributed by atoms with Gasteiger partial charge in [-0.2, -0.15) is 13.8 Å². The van der Waals surface area contributed by atoms with Crippen LogP contribution in [0.3, 0.4) is 0 Å². The number of rotatable bonds is 9. The van der Waals surface area contributed by atoms with E-state index in [9.17, 15) is 13.2 Å². The lowest BCUT2D eigenvalue weighted by molar-refractivity contribution is 0.306. The van der Waals surface area contributed by atoms with E-state index in [0.29, 0.717) is 6.42 Å². The number of aromatic nitrogens is 1. The number of nitrogens with zero attached hydrogens (tertiary/aromatic N) is 1. The first-order valence-electron chi connectivity index (χ1n) is 9.89. The van der Waals surface area contributed by atoms with Crippen molar-refractivity contribution in [3.8, 4) is 16.9 Å². The molecule has 0 saturated carbocycles. The van der Waals surface area contributed by atoms with Crippen LogP contribution < -0.4 is 4.74 Å². The Bertz CT molecular complexity index is 924. The summed E-state index contributed by atoms with van der Waals surface area (Å²) in [5.74, 6) is -2.64. The number of hydrogen-bond acceptors (Lipinski definition) is 2. The Hall–Kier alpha value is -2.82. The summed E-state index contributed by atoms with van der Waals surface area (Å²) in [5, 5.41) is 0. The van der Waals surface area contributed by atoms with Crippen molar-refractivity contribution >= 4 is 0 Å². The van der Waals surface area contributed by atoms with Crippen LogP contribution in [0.4, 0.5) is 13.2 Å². The Morgan fingerprint density at radius 3 is 2.10 bits per heavy atom. The SMILES string of the molecule is CCCCCOc1ccc(-c2ccc(CCc3cc(F)c(F)nc3F)cc2)cc1. The summed E-state index contributed by atoms with van der Waals surface area (Å²) in [7, 11) is 0. The average Bonchev–Trinajstić information content (AvgIpc) is 2.74. The van der Waals surface area contributed by atoms with Crippen LogP contribution in [0.25, 0.3) is 11.1 Å². The maximum Gasteiger partial charge on any atom is 0.251 e. The summed E-state index contributed by atoms with van der Waals surface area (Å²) in [4.78, 5) is 2.96. The molecule has 2 aromatic carbocycles. The molecular formula is C24H24F3NO. The second kappa shape index (κ2) is 10.1. The fraction of sp³-hybridized carbons (Fsp3) is 0.292. The van der Waals surface area contributed by atoms with Gasteiger partial charge < -0.3 is 4.74 Å². The lowest BCUT2D eigenvalue weighted by Crippen LogP contribution is -2.02. The first kappa shape index (κ1) is 20.9. The Kier molecular flexibility index (Phi) is 7.28. The smallest absolute Gasteiger partial charge is 0.251 e. The molecule has 0 fully saturated rings. The average molecular weight is 399 g/mol. The molecule has 5 heteroatoms. The van der Waals surface area contributed by atoms with Crippen LogP contribution in [0.1, 0.15) is 37.3 Å². The highest BCUT2D eigenvalue weighted by Gasteiger charge is 2.11. The number of halogens is 3. The van der Waals surface area contributed by atoms with Crippen LogP contribution in [0.2, 0.25) is 0 Å². The van der Waals surface area contributed by atoms with Crippen LogP contribution in [0.5, 0.6) is 5.75 Å². The molecule has 2 nitrogen and oxygen atoms in total. The van der Waals surface area contributed by atoms with E-state index in [0.717, 1.165) is 41.5 Å². The molecule has 3 rings (SSSR count). The van der Waals surface area contributed by atoms with Crippen LogP contribution in [0, 0.1) is 17.7 Å². The van der Waals surface area contributed by atoms with Gasteiger partial charge in [0.25, 0.3) is 5.95 Å². The molecule has 0 aliphatic carbocycles. The third-order valence-electron chi connectivity index (χ3n) is 4.80. The van der Waals surface area contributed by atoms with Gasteiger partial charge in [0.15, 0.2) is 5.82 Å². The minimum Gasteiger partial charge on any atom is -0.494 e. The summed E-state index contributed by atoms with van der Waals surface area (Å²) in [6, 6.07) is 16.7. The van der Waals surface area contributed by atoms with Gasteiger partial charge in [-0.1, -0.05) is 56.2 Å². The minimum atomic E-state index is -1.41. The monoisotopic (exact) mass is 399 g/mol. The van der Waals surface area contributed by atoms with Gasteiger partial charge in [-0.3, -0.25) is 0 Å². The van der Waals surface area contributed by atoms with Crippen molar-refractivity contribution in [3.05, 3.63) is 83.4 Å². The van der Waals surface area contributed by atoms with Gasteiger partial charge in [-0.15, -0.1) is 0 Å². The lowest BCUT2D eigenvalue weighted by Gasteiger charge is -2.08. The Labute approximate surface area is 169 Å². The standard InChI is InChI=1S/C24H24F3NO/c1-2-3-4-15-29-21-13-11-19(12-14-21)18-8-5-17(6-9-18)7-10-20-16-22(25)24(27)28-23(20)26/h5-6,8-9,11-14,16H,2-4,7,10,15H2,1H3. The molecule has 0 aliphatic heterocycles. The van der Waals surface area contributed by atoms with E-state index in [-0.39, 0.29) is 12.0 Å². The Morgan fingerprint density at radius 2 is 1.45 bits per heavy atom. The van der Waals surface area contributed by atoms with Crippen LogP contribution >= 0.6 is 0 Å². The van der Waals surface area contributed by atoms with E-state index < -0.39 is 17.7 Å². The van der Waals surface area contributed by atoms with Gasteiger partial charge in [0.05, 0.1) is 6.61 Å². The van der Waals surface area contributed by atoms with Crippen LogP contribution in [-0.4, -0.2) is 11.6 Å².